The minimum Gasteiger partial charge on any atom is -0.472 e. The van der Waals surface area contributed by atoms with Gasteiger partial charge in [-0.15, -0.1) is 11.8 Å². The van der Waals surface area contributed by atoms with Gasteiger partial charge in [-0.3, -0.25) is 9.59 Å². The average molecular weight is 344 g/mol. The largest absolute Gasteiger partial charge is 0.472 e. The summed E-state index contributed by atoms with van der Waals surface area (Å²) in [6.45, 7) is 2.33. The molecule has 1 fully saturated rings. The molecule has 0 radical (unpaired) electrons. The molecule has 126 valence electrons. The van der Waals surface area contributed by atoms with Gasteiger partial charge < -0.3 is 14.2 Å². The van der Waals surface area contributed by atoms with Crippen LogP contribution in [0.3, 0.4) is 0 Å². The van der Waals surface area contributed by atoms with Gasteiger partial charge in [0.15, 0.2) is 0 Å². The minimum atomic E-state index is -0.0320. The summed E-state index contributed by atoms with van der Waals surface area (Å²) in [5.74, 6) is 0.904. The number of nitrogens with zero attached hydrogens (tertiary/aromatic N) is 2. The fourth-order valence-corrected chi connectivity index (χ4v) is 3.52. The van der Waals surface area contributed by atoms with E-state index in [2.05, 4.69) is 12.1 Å². The van der Waals surface area contributed by atoms with Crippen molar-refractivity contribution in [2.75, 3.05) is 31.9 Å². The third kappa shape index (κ3) is 4.20. The molecule has 0 aliphatic carbocycles. The van der Waals surface area contributed by atoms with Crippen LogP contribution in [-0.4, -0.2) is 53.5 Å². The highest BCUT2D eigenvalue weighted by atomic mass is 32.2. The maximum atomic E-state index is 12.3. The van der Waals surface area contributed by atoms with Crippen LogP contribution in [0.25, 0.3) is 0 Å². The molecular formula is C18H20N2O3S. The zero-order chi connectivity index (χ0) is 16.8. The van der Waals surface area contributed by atoms with E-state index in [1.165, 1.54) is 17.4 Å². The molecule has 1 aromatic heterocycles. The molecule has 1 aromatic carbocycles. The first-order chi connectivity index (χ1) is 11.7. The van der Waals surface area contributed by atoms with Gasteiger partial charge in [-0.05, 0) is 18.2 Å². The predicted molar refractivity (Wildman–Crippen MR) is 93.0 cm³/mol. The van der Waals surface area contributed by atoms with Gasteiger partial charge in [0.1, 0.15) is 6.26 Å². The van der Waals surface area contributed by atoms with E-state index in [4.69, 9.17) is 4.42 Å². The monoisotopic (exact) mass is 344 g/mol. The van der Waals surface area contributed by atoms with E-state index in [-0.39, 0.29) is 11.8 Å². The highest BCUT2D eigenvalue weighted by Gasteiger charge is 2.24. The Morgan fingerprint density at radius 2 is 1.71 bits per heavy atom. The van der Waals surface area contributed by atoms with Gasteiger partial charge in [-0.1, -0.05) is 18.2 Å². The second kappa shape index (κ2) is 8.06. The summed E-state index contributed by atoms with van der Waals surface area (Å²) < 4.78 is 4.95. The van der Waals surface area contributed by atoms with Crippen LogP contribution in [0.15, 0.2) is 58.2 Å². The Morgan fingerprint density at radius 1 is 1.00 bits per heavy atom. The van der Waals surface area contributed by atoms with Crippen LogP contribution in [0, 0.1) is 0 Å². The number of rotatable bonds is 5. The normalized spacial score (nSPS) is 14.7. The number of benzene rings is 1. The third-order valence-corrected chi connectivity index (χ3v) is 5.03. The van der Waals surface area contributed by atoms with Crippen molar-refractivity contribution in [3.05, 3.63) is 54.5 Å². The van der Waals surface area contributed by atoms with Crippen LogP contribution < -0.4 is 0 Å². The van der Waals surface area contributed by atoms with Crippen molar-refractivity contribution >= 4 is 23.6 Å². The van der Waals surface area contributed by atoms with Crippen LogP contribution in [0.2, 0.25) is 0 Å². The van der Waals surface area contributed by atoms with Gasteiger partial charge in [0.2, 0.25) is 5.91 Å². The Morgan fingerprint density at radius 3 is 2.38 bits per heavy atom. The van der Waals surface area contributed by atoms with Crippen molar-refractivity contribution < 1.29 is 14.0 Å². The van der Waals surface area contributed by atoms with Crippen LogP contribution in [0.4, 0.5) is 0 Å². The fraction of sp³-hybridized carbons (Fsp3) is 0.333. The van der Waals surface area contributed by atoms with Crippen molar-refractivity contribution in [3.8, 4) is 0 Å². The Kier molecular flexibility index (Phi) is 5.59. The van der Waals surface area contributed by atoms with Crippen LogP contribution in [-0.2, 0) is 4.79 Å². The van der Waals surface area contributed by atoms with Gasteiger partial charge in [-0.2, -0.15) is 0 Å². The lowest BCUT2D eigenvalue weighted by molar-refractivity contribution is -0.132. The van der Waals surface area contributed by atoms with Crippen LogP contribution in [0.5, 0.6) is 0 Å². The molecule has 0 atom stereocenters. The average Bonchev–Trinajstić information content (AvgIpc) is 3.17. The van der Waals surface area contributed by atoms with Crippen molar-refractivity contribution in [3.63, 3.8) is 0 Å². The second-order valence-corrected chi connectivity index (χ2v) is 6.76. The maximum Gasteiger partial charge on any atom is 0.257 e. The van der Waals surface area contributed by atoms with Crippen molar-refractivity contribution in [1.82, 2.24) is 9.80 Å². The van der Waals surface area contributed by atoms with Crippen molar-refractivity contribution in [2.24, 2.45) is 0 Å². The van der Waals surface area contributed by atoms with Crippen LogP contribution >= 0.6 is 11.8 Å². The molecule has 2 heterocycles. The van der Waals surface area contributed by atoms with E-state index < -0.39 is 0 Å². The Balaban J connectivity index is 1.41. The van der Waals surface area contributed by atoms with E-state index in [1.807, 2.05) is 23.1 Å². The molecule has 0 unspecified atom stereocenters. The molecule has 2 amide bonds. The summed E-state index contributed by atoms with van der Waals surface area (Å²) in [7, 11) is 0. The van der Waals surface area contributed by atoms with Gasteiger partial charge in [0.25, 0.3) is 5.91 Å². The molecule has 0 spiro atoms. The smallest absolute Gasteiger partial charge is 0.257 e. The van der Waals surface area contributed by atoms with Crippen LogP contribution in [0.1, 0.15) is 16.8 Å². The SMILES string of the molecule is O=C(CCSc1ccccc1)N1CCN(C(=O)c2ccoc2)CC1. The molecule has 6 heteroatoms. The molecular weight excluding hydrogens is 324 g/mol. The topological polar surface area (TPSA) is 53.8 Å². The molecule has 0 bridgehead atoms. The molecule has 1 saturated heterocycles. The number of hydrogen-bond acceptors (Lipinski definition) is 4. The lowest BCUT2D eigenvalue weighted by Crippen LogP contribution is -2.50. The molecule has 0 N–H and O–H groups in total. The number of furan rings is 1. The van der Waals surface area contributed by atoms with E-state index in [0.717, 1.165) is 5.75 Å². The minimum absolute atomic E-state index is 0.0320. The molecule has 1 aliphatic rings. The van der Waals surface area contributed by atoms with E-state index in [1.54, 1.807) is 22.7 Å². The Bertz CT molecular complexity index is 665. The van der Waals surface area contributed by atoms with Gasteiger partial charge >= 0.3 is 0 Å². The lowest BCUT2D eigenvalue weighted by atomic mass is 10.2. The van der Waals surface area contributed by atoms with E-state index in [0.29, 0.717) is 38.2 Å². The first-order valence-corrected chi connectivity index (χ1v) is 9.00. The van der Waals surface area contributed by atoms with Gasteiger partial charge in [-0.25, -0.2) is 0 Å². The first-order valence-electron chi connectivity index (χ1n) is 8.01. The number of hydrogen-bond donors (Lipinski definition) is 0. The predicted octanol–water partition coefficient (Wildman–Crippen LogP) is 2.75. The summed E-state index contributed by atoms with van der Waals surface area (Å²) in [6.07, 6.45) is 3.48. The lowest BCUT2D eigenvalue weighted by Gasteiger charge is -2.34. The summed E-state index contributed by atoms with van der Waals surface area (Å²) >= 11 is 1.69. The Labute approximate surface area is 145 Å². The zero-order valence-electron chi connectivity index (χ0n) is 13.4. The van der Waals surface area contributed by atoms with Gasteiger partial charge in [0, 0.05) is 43.2 Å². The third-order valence-electron chi connectivity index (χ3n) is 4.02. The number of amides is 2. The highest BCUT2D eigenvalue weighted by Crippen LogP contribution is 2.18. The molecule has 1 aliphatic heterocycles. The standard InChI is InChI=1S/C18H20N2O3S/c21-17(7-13-24-16-4-2-1-3-5-16)19-8-10-20(11-9-19)18(22)15-6-12-23-14-15/h1-6,12,14H,7-11,13H2. The molecule has 24 heavy (non-hydrogen) atoms. The maximum absolute atomic E-state index is 12.3. The quantitative estimate of drug-likeness (QED) is 0.783. The van der Waals surface area contributed by atoms with Crippen molar-refractivity contribution in [1.29, 1.82) is 0 Å². The molecule has 2 aromatic rings. The first kappa shape index (κ1) is 16.6. The summed E-state index contributed by atoms with van der Waals surface area (Å²) in [6, 6.07) is 11.8. The number of thioether (sulfide) groups is 1. The van der Waals surface area contributed by atoms with E-state index in [9.17, 15) is 9.59 Å². The zero-order valence-corrected chi connectivity index (χ0v) is 14.2. The highest BCUT2D eigenvalue weighted by molar-refractivity contribution is 7.99. The van der Waals surface area contributed by atoms with Gasteiger partial charge in [0.05, 0.1) is 11.8 Å². The summed E-state index contributed by atoms with van der Waals surface area (Å²) in [5, 5.41) is 0. The summed E-state index contributed by atoms with van der Waals surface area (Å²) in [5.41, 5.74) is 0.564. The number of piperazine rings is 1. The van der Waals surface area contributed by atoms with Crippen molar-refractivity contribution in [2.45, 2.75) is 11.3 Å². The second-order valence-electron chi connectivity index (χ2n) is 5.60. The van der Waals surface area contributed by atoms with E-state index >= 15 is 0 Å². The number of carbonyl (C=O) groups excluding carboxylic acids is 2. The Hall–Kier alpha value is -2.21. The molecule has 3 rings (SSSR count). The molecule has 0 saturated carbocycles. The molecule has 5 nitrogen and oxygen atoms in total. The summed E-state index contributed by atoms with van der Waals surface area (Å²) in [4.78, 5) is 29.3. The fourth-order valence-electron chi connectivity index (χ4n) is 2.66. The number of carbonyl (C=O) groups is 2.